The number of sulfonamides is 1. The highest BCUT2D eigenvalue weighted by Gasteiger charge is 2.18. The molecule has 0 aliphatic carbocycles. The molecule has 0 saturated carbocycles. The molecule has 1 aliphatic heterocycles. The maximum Gasteiger partial charge on any atom is 0.241 e. The summed E-state index contributed by atoms with van der Waals surface area (Å²) in [7, 11) is -3.65. The molecule has 1 aromatic heterocycles. The predicted molar refractivity (Wildman–Crippen MR) is 93.7 cm³/mol. The molecule has 24 heavy (non-hydrogen) atoms. The Morgan fingerprint density at radius 1 is 1.25 bits per heavy atom. The Hall–Kier alpha value is -1.70. The van der Waals surface area contributed by atoms with Gasteiger partial charge in [0.1, 0.15) is 0 Å². The zero-order valence-corrected chi connectivity index (χ0v) is 14.9. The van der Waals surface area contributed by atoms with Crippen LogP contribution in [0.3, 0.4) is 0 Å². The lowest BCUT2D eigenvalue weighted by molar-refractivity contribution is 0.579. The van der Waals surface area contributed by atoms with E-state index < -0.39 is 10.0 Å². The first-order valence-corrected chi connectivity index (χ1v) is 9.64. The van der Waals surface area contributed by atoms with Gasteiger partial charge in [0.15, 0.2) is 0 Å². The highest BCUT2D eigenvalue weighted by Crippen LogP contribution is 2.20. The summed E-state index contributed by atoms with van der Waals surface area (Å²) in [5, 5.41) is 0.388. The maximum atomic E-state index is 12.5. The monoisotopic (exact) mass is 366 g/mol. The van der Waals surface area contributed by atoms with Crippen LogP contribution in [0.15, 0.2) is 35.4 Å². The second-order valence-electron chi connectivity index (χ2n) is 5.78. The van der Waals surface area contributed by atoms with Gasteiger partial charge in [0, 0.05) is 24.3 Å². The molecule has 8 heteroatoms. The van der Waals surface area contributed by atoms with Crippen LogP contribution in [0.25, 0.3) is 0 Å². The number of benzene rings is 1. The fraction of sp³-hybridized carbons (Fsp3) is 0.375. The van der Waals surface area contributed by atoms with Crippen molar-refractivity contribution in [2.75, 3.05) is 18.0 Å². The van der Waals surface area contributed by atoms with E-state index in [-0.39, 0.29) is 11.4 Å². The molecule has 1 aromatic carbocycles. The van der Waals surface area contributed by atoms with Crippen molar-refractivity contribution in [3.05, 3.63) is 46.7 Å². The highest BCUT2D eigenvalue weighted by molar-refractivity contribution is 7.89. The molecule has 2 aromatic rings. The van der Waals surface area contributed by atoms with Crippen molar-refractivity contribution in [2.45, 2.75) is 31.2 Å². The molecule has 0 unspecified atom stereocenters. The van der Waals surface area contributed by atoms with Crippen molar-refractivity contribution in [1.29, 1.82) is 0 Å². The normalized spacial score (nSPS) is 15.0. The number of rotatable bonds is 5. The summed E-state index contributed by atoms with van der Waals surface area (Å²) in [5.41, 5.74) is 1.28. The zero-order valence-electron chi connectivity index (χ0n) is 13.4. The molecule has 3 rings (SSSR count). The van der Waals surface area contributed by atoms with Gasteiger partial charge in [-0.1, -0.05) is 17.7 Å². The molecule has 1 aliphatic rings. The van der Waals surface area contributed by atoms with Gasteiger partial charge in [-0.15, -0.1) is 0 Å². The second kappa shape index (κ2) is 7.04. The Labute approximate surface area is 146 Å². The lowest BCUT2D eigenvalue weighted by Gasteiger charge is -2.15. The van der Waals surface area contributed by atoms with E-state index in [2.05, 4.69) is 19.6 Å². The summed E-state index contributed by atoms with van der Waals surface area (Å²) >= 11 is 5.92. The molecule has 1 fully saturated rings. The number of hydrogen-bond acceptors (Lipinski definition) is 5. The first kappa shape index (κ1) is 17.1. The predicted octanol–water partition coefficient (Wildman–Crippen LogP) is 2.52. The van der Waals surface area contributed by atoms with E-state index in [0.29, 0.717) is 22.2 Å². The summed E-state index contributed by atoms with van der Waals surface area (Å²) in [6, 6.07) is 6.53. The lowest BCUT2D eigenvalue weighted by atomic mass is 10.2. The van der Waals surface area contributed by atoms with Crippen LogP contribution in [0.2, 0.25) is 5.02 Å². The molecule has 0 radical (unpaired) electrons. The van der Waals surface area contributed by atoms with Crippen LogP contribution in [0.4, 0.5) is 5.95 Å². The smallest absolute Gasteiger partial charge is 0.241 e. The Balaban J connectivity index is 1.75. The van der Waals surface area contributed by atoms with Gasteiger partial charge < -0.3 is 4.90 Å². The van der Waals surface area contributed by atoms with Gasteiger partial charge in [-0.3, -0.25) is 0 Å². The van der Waals surface area contributed by atoms with E-state index in [4.69, 9.17) is 11.6 Å². The zero-order chi connectivity index (χ0) is 17.2. The fourth-order valence-corrected chi connectivity index (χ4v) is 4.17. The molecule has 1 N–H and O–H groups in total. The lowest BCUT2D eigenvalue weighted by Crippen LogP contribution is -2.25. The average molecular weight is 367 g/mol. The number of aromatic nitrogens is 2. The molecule has 0 amide bonds. The number of aryl methyl sites for hydroxylation is 1. The van der Waals surface area contributed by atoms with Gasteiger partial charge in [-0.05, 0) is 43.5 Å². The molecule has 128 valence electrons. The van der Waals surface area contributed by atoms with E-state index in [0.717, 1.165) is 25.9 Å². The summed E-state index contributed by atoms with van der Waals surface area (Å²) in [4.78, 5) is 11.0. The first-order chi connectivity index (χ1) is 11.5. The number of halogens is 1. The van der Waals surface area contributed by atoms with Crippen molar-refractivity contribution in [3.63, 3.8) is 0 Å². The number of anilines is 1. The summed E-state index contributed by atoms with van der Waals surface area (Å²) < 4.78 is 27.6. The van der Waals surface area contributed by atoms with Crippen molar-refractivity contribution >= 4 is 27.6 Å². The van der Waals surface area contributed by atoms with Crippen LogP contribution >= 0.6 is 11.6 Å². The average Bonchev–Trinajstić information content (AvgIpc) is 3.10. The van der Waals surface area contributed by atoms with Crippen LogP contribution in [-0.4, -0.2) is 31.5 Å². The van der Waals surface area contributed by atoms with Gasteiger partial charge in [0.2, 0.25) is 16.0 Å². The van der Waals surface area contributed by atoms with Crippen molar-refractivity contribution < 1.29 is 8.42 Å². The van der Waals surface area contributed by atoms with E-state index in [9.17, 15) is 8.42 Å². The second-order valence-corrected chi connectivity index (χ2v) is 7.95. The number of nitrogens with zero attached hydrogens (tertiary/aromatic N) is 3. The van der Waals surface area contributed by atoms with Crippen LogP contribution < -0.4 is 9.62 Å². The Bertz CT molecular complexity index is 836. The quantitative estimate of drug-likeness (QED) is 0.880. The molecule has 0 bridgehead atoms. The third-order valence-corrected chi connectivity index (χ3v) is 5.75. The molecule has 1 saturated heterocycles. The van der Waals surface area contributed by atoms with Gasteiger partial charge in [-0.25, -0.2) is 23.1 Å². The molecular formula is C16H19ClN4O2S. The highest BCUT2D eigenvalue weighted by atomic mass is 35.5. The minimum absolute atomic E-state index is 0.109. The van der Waals surface area contributed by atoms with Crippen molar-refractivity contribution in [3.8, 4) is 0 Å². The van der Waals surface area contributed by atoms with Gasteiger partial charge >= 0.3 is 0 Å². The van der Waals surface area contributed by atoms with Gasteiger partial charge in [-0.2, -0.15) is 0 Å². The van der Waals surface area contributed by atoms with E-state index >= 15 is 0 Å². The summed E-state index contributed by atoms with van der Waals surface area (Å²) in [6.07, 6.45) is 3.93. The third kappa shape index (κ3) is 3.85. The van der Waals surface area contributed by atoms with Crippen molar-refractivity contribution in [2.24, 2.45) is 0 Å². The molecule has 0 atom stereocenters. The first-order valence-electron chi connectivity index (χ1n) is 7.78. The standard InChI is InChI=1S/C16H19ClN4O2S/c1-12-4-5-13(17)10-15(12)24(22,23)19-11-14-6-7-18-16(20-14)21-8-2-3-9-21/h4-7,10,19H,2-3,8-9,11H2,1H3. The largest absolute Gasteiger partial charge is 0.341 e. The van der Waals surface area contributed by atoms with Crippen molar-refractivity contribution in [1.82, 2.24) is 14.7 Å². The topological polar surface area (TPSA) is 75.2 Å². The van der Waals surface area contributed by atoms with Crippen LogP contribution in [0, 0.1) is 6.92 Å². The van der Waals surface area contributed by atoms with E-state index in [1.807, 2.05) is 0 Å². The molecule has 6 nitrogen and oxygen atoms in total. The van der Waals surface area contributed by atoms with Crippen LogP contribution in [0.5, 0.6) is 0 Å². The van der Waals surface area contributed by atoms with E-state index in [1.165, 1.54) is 6.07 Å². The molecule has 0 spiro atoms. The summed E-state index contributed by atoms with van der Waals surface area (Å²) in [5.74, 6) is 0.656. The minimum Gasteiger partial charge on any atom is -0.341 e. The minimum atomic E-state index is -3.65. The Morgan fingerprint density at radius 3 is 2.75 bits per heavy atom. The van der Waals surface area contributed by atoms with E-state index in [1.54, 1.807) is 31.3 Å². The fourth-order valence-electron chi connectivity index (χ4n) is 2.66. The number of hydrogen-bond donors (Lipinski definition) is 1. The van der Waals surface area contributed by atoms with Gasteiger partial charge in [0.05, 0.1) is 17.1 Å². The molecular weight excluding hydrogens is 348 g/mol. The molecule has 2 heterocycles. The Morgan fingerprint density at radius 2 is 2.00 bits per heavy atom. The number of nitrogens with one attached hydrogen (secondary N) is 1. The van der Waals surface area contributed by atoms with Gasteiger partial charge in [0.25, 0.3) is 0 Å². The summed E-state index contributed by atoms with van der Waals surface area (Å²) in [6.45, 7) is 3.73. The third-order valence-electron chi connectivity index (χ3n) is 3.97. The Kier molecular flexibility index (Phi) is 5.03. The van der Waals surface area contributed by atoms with Crippen LogP contribution in [-0.2, 0) is 16.6 Å². The maximum absolute atomic E-state index is 12.5. The van der Waals surface area contributed by atoms with Crippen LogP contribution in [0.1, 0.15) is 24.1 Å². The SMILES string of the molecule is Cc1ccc(Cl)cc1S(=O)(=O)NCc1ccnc(N2CCCC2)n1.